The molecule has 0 saturated heterocycles. The molecule has 1 unspecified atom stereocenters. The van der Waals surface area contributed by atoms with E-state index in [2.05, 4.69) is 67.6 Å². The Bertz CT molecular complexity index is 241. The van der Waals surface area contributed by atoms with Crippen molar-refractivity contribution in [2.24, 2.45) is 23.7 Å². The number of rotatable bonds is 11. The Morgan fingerprint density at radius 2 is 1.14 bits per heavy atom. The van der Waals surface area contributed by atoms with Gasteiger partial charge in [-0.15, -0.1) is 0 Å². The first kappa shape index (κ1) is 21.0. The van der Waals surface area contributed by atoms with Crippen molar-refractivity contribution in [3.05, 3.63) is 0 Å². The quantitative estimate of drug-likeness (QED) is 0.473. The Labute approximate surface area is 135 Å². The van der Waals surface area contributed by atoms with Crippen molar-refractivity contribution in [2.75, 3.05) is 0 Å². The fourth-order valence-electron chi connectivity index (χ4n) is 3.13. The van der Waals surface area contributed by atoms with Crippen LogP contribution in [0.3, 0.4) is 0 Å². The molecule has 1 heteroatoms. The molecule has 0 aromatic heterocycles. The SMILES string of the molecule is CC(C)CCC(CCC(C)C)(CC(C)C(C)C)NC(C)C. The molecule has 0 heterocycles. The summed E-state index contributed by atoms with van der Waals surface area (Å²) >= 11 is 0. The molecule has 128 valence electrons. The van der Waals surface area contributed by atoms with E-state index >= 15 is 0 Å². The van der Waals surface area contributed by atoms with Crippen LogP contribution in [0.4, 0.5) is 0 Å². The predicted octanol–water partition coefficient (Wildman–Crippen LogP) is 6.28. The molecule has 0 rings (SSSR count). The minimum Gasteiger partial charge on any atom is -0.309 e. The van der Waals surface area contributed by atoms with E-state index in [4.69, 9.17) is 0 Å². The topological polar surface area (TPSA) is 12.0 Å². The van der Waals surface area contributed by atoms with Gasteiger partial charge in [0.1, 0.15) is 0 Å². The molecular weight excluding hydrogens is 254 g/mol. The molecule has 0 amide bonds. The van der Waals surface area contributed by atoms with E-state index in [0.29, 0.717) is 11.6 Å². The second-order valence-electron chi connectivity index (χ2n) is 8.87. The molecule has 0 aliphatic carbocycles. The van der Waals surface area contributed by atoms with Crippen LogP contribution in [0.15, 0.2) is 0 Å². The lowest BCUT2D eigenvalue weighted by atomic mass is 9.75. The summed E-state index contributed by atoms with van der Waals surface area (Å²) < 4.78 is 0. The summed E-state index contributed by atoms with van der Waals surface area (Å²) in [6.07, 6.45) is 6.65. The van der Waals surface area contributed by atoms with E-state index in [-0.39, 0.29) is 0 Å². The normalized spacial score (nSPS) is 14.7. The Hall–Kier alpha value is -0.0400. The van der Waals surface area contributed by atoms with Gasteiger partial charge in [0.2, 0.25) is 0 Å². The third-order valence-corrected chi connectivity index (χ3v) is 4.85. The summed E-state index contributed by atoms with van der Waals surface area (Å²) in [7, 11) is 0. The maximum Gasteiger partial charge on any atom is 0.0186 e. The molecule has 0 radical (unpaired) electrons. The van der Waals surface area contributed by atoms with Gasteiger partial charge in [0.15, 0.2) is 0 Å². The second-order valence-corrected chi connectivity index (χ2v) is 8.87. The van der Waals surface area contributed by atoms with E-state index in [9.17, 15) is 0 Å². The van der Waals surface area contributed by atoms with Crippen molar-refractivity contribution in [3.8, 4) is 0 Å². The maximum atomic E-state index is 3.99. The number of hydrogen-bond acceptors (Lipinski definition) is 1. The Morgan fingerprint density at radius 1 is 0.714 bits per heavy atom. The van der Waals surface area contributed by atoms with Gasteiger partial charge in [-0.05, 0) is 55.8 Å². The van der Waals surface area contributed by atoms with Gasteiger partial charge in [0, 0.05) is 11.6 Å². The van der Waals surface area contributed by atoms with Crippen molar-refractivity contribution in [1.29, 1.82) is 0 Å². The average molecular weight is 298 g/mol. The molecular formula is C20H43N. The van der Waals surface area contributed by atoms with Gasteiger partial charge in [0.05, 0.1) is 0 Å². The second kappa shape index (κ2) is 9.87. The van der Waals surface area contributed by atoms with Gasteiger partial charge in [-0.2, -0.15) is 0 Å². The zero-order valence-corrected chi connectivity index (χ0v) is 16.4. The summed E-state index contributed by atoms with van der Waals surface area (Å²) in [5.74, 6) is 3.16. The van der Waals surface area contributed by atoms with E-state index in [0.717, 1.165) is 23.7 Å². The minimum atomic E-state index is 0.340. The van der Waals surface area contributed by atoms with Crippen LogP contribution < -0.4 is 5.32 Å². The van der Waals surface area contributed by atoms with Crippen molar-refractivity contribution in [1.82, 2.24) is 5.32 Å². The highest BCUT2D eigenvalue weighted by molar-refractivity contribution is 4.91. The van der Waals surface area contributed by atoms with Crippen molar-refractivity contribution in [2.45, 2.75) is 106 Å². The largest absolute Gasteiger partial charge is 0.309 e. The van der Waals surface area contributed by atoms with Crippen LogP contribution in [0.2, 0.25) is 0 Å². The molecule has 0 aromatic rings. The highest BCUT2D eigenvalue weighted by Gasteiger charge is 2.32. The molecule has 0 bridgehead atoms. The van der Waals surface area contributed by atoms with Crippen LogP contribution >= 0.6 is 0 Å². The third kappa shape index (κ3) is 9.55. The molecule has 21 heavy (non-hydrogen) atoms. The molecule has 1 N–H and O–H groups in total. The van der Waals surface area contributed by atoms with Gasteiger partial charge >= 0.3 is 0 Å². The Morgan fingerprint density at radius 3 is 1.43 bits per heavy atom. The van der Waals surface area contributed by atoms with Crippen LogP contribution in [0.25, 0.3) is 0 Å². The smallest absolute Gasteiger partial charge is 0.0186 e. The molecule has 0 spiro atoms. The summed E-state index contributed by atoms with van der Waals surface area (Å²) in [6, 6.07) is 0.573. The van der Waals surface area contributed by atoms with Gasteiger partial charge in [-0.3, -0.25) is 0 Å². The van der Waals surface area contributed by atoms with Crippen molar-refractivity contribution in [3.63, 3.8) is 0 Å². The van der Waals surface area contributed by atoms with E-state index < -0.39 is 0 Å². The fraction of sp³-hybridized carbons (Fsp3) is 1.00. The first-order chi connectivity index (χ1) is 9.58. The standard InChI is InChI=1S/C20H43N/c1-15(2)10-12-20(21-18(7)8,13-11-16(3)4)14-19(9)17(5)6/h15-19,21H,10-14H2,1-9H3. The molecule has 0 aromatic carbocycles. The summed E-state index contributed by atoms with van der Waals surface area (Å²) in [5, 5.41) is 3.99. The van der Waals surface area contributed by atoms with Crippen LogP contribution in [-0.4, -0.2) is 11.6 Å². The molecule has 0 aliphatic rings. The summed E-state index contributed by atoms with van der Waals surface area (Å²) in [6.45, 7) is 21.2. The summed E-state index contributed by atoms with van der Waals surface area (Å²) in [5.41, 5.74) is 0.340. The van der Waals surface area contributed by atoms with E-state index in [1.807, 2.05) is 0 Å². The maximum absolute atomic E-state index is 3.99. The zero-order chi connectivity index (χ0) is 16.6. The van der Waals surface area contributed by atoms with Crippen LogP contribution in [0.1, 0.15) is 94.4 Å². The van der Waals surface area contributed by atoms with Crippen LogP contribution in [-0.2, 0) is 0 Å². The Kier molecular flexibility index (Phi) is 9.85. The lowest BCUT2D eigenvalue weighted by molar-refractivity contribution is 0.171. The molecule has 0 fully saturated rings. The molecule has 1 atom stereocenters. The number of nitrogens with one attached hydrogen (secondary N) is 1. The third-order valence-electron chi connectivity index (χ3n) is 4.85. The first-order valence-corrected chi connectivity index (χ1v) is 9.35. The van der Waals surface area contributed by atoms with Gasteiger partial charge in [0.25, 0.3) is 0 Å². The van der Waals surface area contributed by atoms with Gasteiger partial charge in [-0.25, -0.2) is 0 Å². The number of hydrogen-bond donors (Lipinski definition) is 1. The minimum absolute atomic E-state index is 0.340. The lowest BCUT2D eigenvalue weighted by Crippen LogP contribution is -2.50. The summed E-state index contributed by atoms with van der Waals surface area (Å²) in [4.78, 5) is 0. The average Bonchev–Trinajstić information content (AvgIpc) is 2.33. The highest BCUT2D eigenvalue weighted by atomic mass is 15.0. The molecule has 0 saturated carbocycles. The molecule has 1 nitrogen and oxygen atoms in total. The Balaban J connectivity index is 5.06. The van der Waals surface area contributed by atoms with Crippen molar-refractivity contribution < 1.29 is 0 Å². The first-order valence-electron chi connectivity index (χ1n) is 9.35. The van der Waals surface area contributed by atoms with Gasteiger partial charge < -0.3 is 5.32 Å². The molecule has 0 aliphatic heterocycles. The highest BCUT2D eigenvalue weighted by Crippen LogP contribution is 2.33. The van der Waals surface area contributed by atoms with Crippen LogP contribution in [0, 0.1) is 23.7 Å². The zero-order valence-electron chi connectivity index (χ0n) is 16.4. The lowest BCUT2D eigenvalue weighted by Gasteiger charge is -2.41. The van der Waals surface area contributed by atoms with Crippen LogP contribution in [0.5, 0.6) is 0 Å². The van der Waals surface area contributed by atoms with E-state index in [1.54, 1.807) is 0 Å². The van der Waals surface area contributed by atoms with Gasteiger partial charge in [-0.1, -0.05) is 62.3 Å². The fourth-order valence-corrected chi connectivity index (χ4v) is 3.13. The predicted molar refractivity (Wildman–Crippen MR) is 97.8 cm³/mol. The monoisotopic (exact) mass is 297 g/mol. The van der Waals surface area contributed by atoms with Crippen molar-refractivity contribution >= 4 is 0 Å². The van der Waals surface area contributed by atoms with E-state index in [1.165, 1.54) is 32.1 Å².